The van der Waals surface area contributed by atoms with Crippen LogP contribution >= 0.6 is 0 Å². The Balaban J connectivity index is 1.90. The summed E-state index contributed by atoms with van der Waals surface area (Å²) in [5.41, 5.74) is 5.87. The van der Waals surface area contributed by atoms with Crippen molar-refractivity contribution >= 4 is 11.7 Å². The van der Waals surface area contributed by atoms with E-state index in [2.05, 4.69) is 32.5 Å². The molecule has 0 unspecified atom stereocenters. The van der Waals surface area contributed by atoms with Gasteiger partial charge in [-0.2, -0.15) is 0 Å². The molecule has 1 amide bonds. The Kier molecular flexibility index (Phi) is 4.81. The molecule has 0 aromatic carbocycles. The van der Waals surface area contributed by atoms with E-state index in [1.165, 1.54) is 0 Å². The van der Waals surface area contributed by atoms with E-state index in [0.29, 0.717) is 24.5 Å². The Labute approximate surface area is 116 Å². The first-order valence-corrected chi connectivity index (χ1v) is 6.08. The summed E-state index contributed by atoms with van der Waals surface area (Å²) in [5, 5.41) is 10.2. The zero-order chi connectivity index (χ0) is 14.2. The van der Waals surface area contributed by atoms with Gasteiger partial charge in [-0.25, -0.2) is 4.98 Å². The topological polar surface area (TPSA) is 98.7 Å². The van der Waals surface area contributed by atoms with Crippen LogP contribution in [0.2, 0.25) is 0 Å². The maximum Gasteiger partial charge on any atom is 0.227 e. The van der Waals surface area contributed by atoms with Crippen molar-refractivity contribution < 1.29 is 4.79 Å². The van der Waals surface area contributed by atoms with Gasteiger partial charge in [-0.3, -0.25) is 9.48 Å². The highest BCUT2D eigenvalue weighted by Crippen LogP contribution is 2.04. The number of rotatable bonds is 4. The van der Waals surface area contributed by atoms with Crippen molar-refractivity contribution in [2.45, 2.75) is 13.0 Å². The summed E-state index contributed by atoms with van der Waals surface area (Å²) in [5.74, 6) is 5.85. The first-order valence-electron chi connectivity index (χ1n) is 6.08. The van der Waals surface area contributed by atoms with Gasteiger partial charge in [0.1, 0.15) is 11.5 Å². The van der Waals surface area contributed by atoms with Gasteiger partial charge in [-0.1, -0.05) is 17.2 Å². The second-order valence-corrected chi connectivity index (χ2v) is 3.88. The molecule has 0 aliphatic carbocycles. The van der Waals surface area contributed by atoms with E-state index in [1.807, 2.05) is 0 Å². The van der Waals surface area contributed by atoms with Crippen molar-refractivity contribution in [2.75, 3.05) is 11.9 Å². The summed E-state index contributed by atoms with van der Waals surface area (Å²) in [6.45, 7) is 0.745. The molecule has 0 aliphatic heterocycles. The Bertz CT molecular complexity index is 626. The predicted molar refractivity (Wildman–Crippen MR) is 73.4 cm³/mol. The van der Waals surface area contributed by atoms with E-state index in [0.717, 1.165) is 0 Å². The van der Waals surface area contributed by atoms with Gasteiger partial charge in [0.15, 0.2) is 0 Å². The predicted octanol–water partition coefficient (Wildman–Crippen LogP) is 0.0121. The van der Waals surface area contributed by atoms with Gasteiger partial charge in [0.05, 0.1) is 19.3 Å². The van der Waals surface area contributed by atoms with E-state index in [-0.39, 0.29) is 12.5 Å². The van der Waals surface area contributed by atoms with Crippen LogP contribution in [-0.4, -0.2) is 32.4 Å². The Morgan fingerprint density at radius 3 is 3.10 bits per heavy atom. The molecule has 0 radical (unpaired) electrons. The van der Waals surface area contributed by atoms with Gasteiger partial charge in [-0.05, 0) is 18.1 Å². The summed E-state index contributed by atoms with van der Waals surface area (Å²) >= 11 is 0. The summed E-state index contributed by atoms with van der Waals surface area (Å²) in [6, 6.07) is 5.25. The molecule has 7 heteroatoms. The molecule has 2 aromatic rings. The second-order valence-electron chi connectivity index (χ2n) is 3.88. The fourth-order valence-electron chi connectivity index (χ4n) is 1.49. The van der Waals surface area contributed by atoms with Crippen LogP contribution in [0.25, 0.3) is 0 Å². The molecule has 7 nitrogen and oxygen atoms in total. The third kappa shape index (κ3) is 4.19. The molecule has 2 heterocycles. The standard InChI is InChI=1S/C13H14N6O/c14-7-2-4-11-3-1-5-12(16-11)17-13(20)6-9-19-10-8-15-18-19/h1,3,5,8,10H,6-7,9,14H2,(H,16,17,20). The number of carbonyl (C=O) groups excluding carboxylic acids is 1. The number of aryl methyl sites for hydroxylation is 1. The summed E-state index contributed by atoms with van der Waals surface area (Å²) in [4.78, 5) is 16.0. The molecule has 0 spiro atoms. The number of amides is 1. The second kappa shape index (κ2) is 7.01. The van der Waals surface area contributed by atoms with E-state index in [9.17, 15) is 4.79 Å². The molecule has 20 heavy (non-hydrogen) atoms. The number of hydrogen-bond acceptors (Lipinski definition) is 5. The molecule has 0 saturated heterocycles. The molecule has 0 bridgehead atoms. The first kappa shape index (κ1) is 13.7. The van der Waals surface area contributed by atoms with E-state index in [1.54, 1.807) is 35.3 Å². The Morgan fingerprint density at radius 2 is 2.35 bits per heavy atom. The van der Waals surface area contributed by atoms with Gasteiger partial charge in [-0.15, -0.1) is 5.10 Å². The SMILES string of the molecule is NCC#Cc1cccc(NC(=O)CCn2ccnn2)n1. The average molecular weight is 270 g/mol. The number of nitrogens with zero attached hydrogens (tertiary/aromatic N) is 4. The fourth-order valence-corrected chi connectivity index (χ4v) is 1.49. The molecule has 2 aromatic heterocycles. The maximum atomic E-state index is 11.8. The normalized spacial score (nSPS) is 9.65. The number of hydrogen-bond donors (Lipinski definition) is 2. The minimum absolute atomic E-state index is 0.142. The lowest BCUT2D eigenvalue weighted by Gasteiger charge is -2.04. The van der Waals surface area contributed by atoms with Crippen LogP contribution in [0.15, 0.2) is 30.6 Å². The van der Waals surface area contributed by atoms with Crippen LogP contribution in [0.3, 0.4) is 0 Å². The number of nitrogens with one attached hydrogen (secondary N) is 1. The number of aromatic nitrogens is 4. The summed E-state index contributed by atoms with van der Waals surface area (Å²) in [6.07, 6.45) is 3.57. The van der Waals surface area contributed by atoms with Crippen LogP contribution in [0.1, 0.15) is 12.1 Å². The fraction of sp³-hybridized carbons (Fsp3) is 0.231. The smallest absolute Gasteiger partial charge is 0.227 e. The number of nitrogens with two attached hydrogens (primary N) is 1. The van der Waals surface area contributed by atoms with Gasteiger partial charge < -0.3 is 11.1 Å². The van der Waals surface area contributed by atoms with Crippen LogP contribution in [0, 0.1) is 11.8 Å². The highest BCUT2D eigenvalue weighted by Gasteiger charge is 2.04. The molecular formula is C13H14N6O. The monoisotopic (exact) mass is 270 g/mol. The number of pyridine rings is 1. The molecule has 0 fully saturated rings. The van der Waals surface area contributed by atoms with Crippen molar-refractivity contribution in [1.82, 2.24) is 20.0 Å². The lowest BCUT2D eigenvalue weighted by atomic mass is 10.3. The quantitative estimate of drug-likeness (QED) is 0.763. The molecule has 0 aliphatic rings. The first-order chi connectivity index (χ1) is 9.78. The van der Waals surface area contributed by atoms with Gasteiger partial charge >= 0.3 is 0 Å². The van der Waals surface area contributed by atoms with Crippen molar-refractivity contribution in [3.63, 3.8) is 0 Å². The van der Waals surface area contributed by atoms with Crippen LogP contribution in [0.5, 0.6) is 0 Å². The number of anilines is 1. The zero-order valence-corrected chi connectivity index (χ0v) is 10.8. The van der Waals surface area contributed by atoms with Gasteiger partial charge in [0.25, 0.3) is 0 Å². The molecule has 102 valence electrons. The highest BCUT2D eigenvalue weighted by atomic mass is 16.1. The largest absolute Gasteiger partial charge is 0.320 e. The number of carbonyl (C=O) groups is 1. The maximum absolute atomic E-state index is 11.8. The minimum Gasteiger partial charge on any atom is -0.320 e. The minimum atomic E-state index is -0.142. The van der Waals surface area contributed by atoms with Crippen LogP contribution in [-0.2, 0) is 11.3 Å². The third-order valence-corrected chi connectivity index (χ3v) is 2.38. The van der Waals surface area contributed by atoms with Crippen molar-refractivity contribution in [3.8, 4) is 11.8 Å². The molecule has 3 N–H and O–H groups in total. The average Bonchev–Trinajstić information content (AvgIpc) is 2.97. The molecular weight excluding hydrogens is 256 g/mol. The van der Waals surface area contributed by atoms with E-state index in [4.69, 9.17) is 5.73 Å². The molecule has 0 atom stereocenters. The van der Waals surface area contributed by atoms with Crippen LogP contribution < -0.4 is 11.1 Å². The Hall–Kier alpha value is -2.72. The van der Waals surface area contributed by atoms with Crippen molar-refractivity contribution in [1.29, 1.82) is 0 Å². The molecule has 2 rings (SSSR count). The summed E-state index contributed by atoms with van der Waals surface area (Å²) in [7, 11) is 0. The lowest BCUT2D eigenvalue weighted by molar-refractivity contribution is -0.116. The highest BCUT2D eigenvalue weighted by molar-refractivity contribution is 5.89. The zero-order valence-electron chi connectivity index (χ0n) is 10.8. The van der Waals surface area contributed by atoms with Crippen molar-refractivity contribution in [2.24, 2.45) is 5.73 Å². The van der Waals surface area contributed by atoms with E-state index < -0.39 is 0 Å². The van der Waals surface area contributed by atoms with Crippen LogP contribution in [0.4, 0.5) is 5.82 Å². The lowest BCUT2D eigenvalue weighted by Crippen LogP contribution is -2.15. The van der Waals surface area contributed by atoms with Crippen molar-refractivity contribution in [3.05, 3.63) is 36.3 Å². The van der Waals surface area contributed by atoms with Gasteiger partial charge in [0, 0.05) is 12.6 Å². The molecule has 0 saturated carbocycles. The Morgan fingerprint density at radius 1 is 1.45 bits per heavy atom. The summed E-state index contributed by atoms with van der Waals surface area (Å²) < 4.78 is 1.59. The third-order valence-electron chi connectivity index (χ3n) is 2.38. The van der Waals surface area contributed by atoms with E-state index >= 15 is 0 Å². The van der Waals surface area contributed by atoms with Gasteiger partial charge in [0.2, 0.25) is 5.91 Å².